The highest BCUT2D eigenvalue weighted by Gasteiger charge is 2.03. The fraction of sp³-hybridized carbons (Fsp3) is 0. The van der Waals surface area contributed by atoms with Crippen molar-refractivity contribution < 1.29 is 0 Å². The smallest absolute Gasteiger partial charge is 0.111 e. The maximum atomic E-state index is 5.81. The van der Waals surface area contributed by atoms with Gasteiger partial charge in [-0.05, 0) is 24.3 Å². The van der Waals surface area contributed by atoms with Gasteiger partial charge < -0.3 is 0 Å². The molecule has 0 radical (unpaired) electrons. The molecule has 17 heavy (non-hydrogen) atoms. The van der Waals surface area contributed by atoms with Gasteiger partial charge in [0, 0.05) is 5.56 Å². The van der Waals surface area contributed by atoms with Gasteiger partial charge in [0.2, 0.25) is 0 Å². The minimum Gasteiger partial charge on any atom is -0.245 e. The summed E-state index contributed by atoms with van der Waals surface area (Å²) in [6.07, 6.45) is 0. The molecule has 0 aliphatic rings. The Morgan fingerprint density at radius 2 is 1.47 bits per heavy atom. The third kappa shape index (κ3) is 1.88. The van der Waals surface area contributed by atoms with E-state index in [-0.39, 0.29) is 0 Å². The Balaban J connectivity index is 2.36. The first-order valence-electron chi connectivity index (χ1n) is 5.10. The van der Waals surface area contributed by atoms with Crippen molar-refractivity contribution in [2.24, 2.45) is 0 Å². The van der Waals surface area contributed by atoms with Gasteiger partial charge >= 0.3 is 0 Å². The highest BCUT2D eigenvalue weighted by molar-refractivity contribution is 7.83. The molecule has 2 nitrogen and oxygen atoms in total. The summed E-state index contributed by atoms with van der Waals surface area (Å²) in [6, 6.07) is 13.4. The number of aromatic nitrogens is 2. The van der Waals surface area contributed by atoms with Crippen LogP contribution < -0.4 is 0 Å². The van der Waals surface area contributed by atoms with E-state index in [4.69, 9.17) is 23.8 Å². The average molecular weight is 259 g/mol. The molecule has 3 rings (SSSR count). The van der Waals surface area contributed by atoms with Gasteiger partial charge in [-0.3, -0.25) is 0 Å². The van der Waals surface area contributed by atoms with Gasteiger partial charge in [-0.15, -0.1) is 0 Å². The average Bonchev–Trinajstić information content (AvgIpc) is 2.35. The molecule has 1 heterocycles. The van der Waals surface area contributed by atoms with Gasteiger partial charge in [0.05, 0.1) is 22.1 Å². The zero-order chi connectivity index (χ0) is 11.8. The number of para-hydroxylation sites is 2. The topological polar surface area (TPSA) is 25.8 Å². The number of rotatable bonds is 1. The maximum absolute atomic E-state index is 5.81. The number of thiocarbonyl (C=S) groups is 1. The van der Waals surface area contributed by atoms with E-state index in [9.17, 15) is 0 Å². The Morgan fingerprint density at radius 3 is 2.12 bits per heavy atom. The van der Waals surface area contributed by atoms with Gasteiger partial charge in [-0.1, -0.05) is 42.0 Å². The Bertz CT molecular complexity index is 740. The molecule has 0 aliphatic heterocycles. The van der Waals surface area contributed by atoms with Crippen LogP contribution >= 0.6 is 23.8 Å². The van der Waals surface area contributed by atoms with Gasteiger partial charge in [0.25, 0.3) is 0 Å². The summed E-state index contributed by atoms with van der Waals surface area (Å²) in [6.45, 7) is 0. The van der Waals surface area contributed by atoms with Crippen molar-refractivity contribution in [1.82, 2.24) is 9.97 Å². The summed E-state index contributed by atoms with van der Waals surface area (Å²) in [5, 5.41) is 0. The number of fused-ring (bicyclic) bond motifs is 2. The van der Waals surface area contributed by atoms with Gasteiger partial charge in [-0.2, -0.15) is 0 Å². The highest BCUT2D eigenvalue weighted by Crippen LogP contribution is 2.18. The van der Waals surface area contributed by atoms with Crippen molar-refractivity contribution in [2.45, 2.75) is 0 Å². The fourth-order valence-corrected chi connectivity index (χ4v) is 1.99. The van der Waals surface area contributed by atoms with Crippen LogP contribution in [0.1, 0.15) is 5.56 Å². The lowest BCUT2D eigenvalue weighted by Crippen LogP contribution is -1.91. The highest BCUT2D eigenvalue weighted by atomic mass is 35.5. The van der Waals surface area contributed by atoms with Crippen LogP contribution in [0.2, 0.25) is 0 Å². The quantitative estimate of drug-likeness (QED) is 0.378. The largest absolute Gasteiger partial charge is 0.245 e. The second kappa shape index (κ2) is 4.02. The van der Waals surface area contributed by atoms with Crippen LogP contribution in [0.5, 0.6) is 0 Å². The Labute approximate surface area is 108 Å². The molecule has 3 aromatic rings. The third-order valence-corrected chi connectivity index (χ3v) is 3.02. The summed E-state index contributed by atoms with van der Waals surface area (Å²) < 4.78 is 0.349. The first-order valence-corrected chi connectivity index (χ1v) is 5.89. The molecule has 82 valence electrons. The molecule has 0 N–H and O–H groups in total. The van der Waals surface area contributed by atoms with Gasteiger partial charge in [0.1, 0.15) is 4.32 Å². The molecule has 0 spiro atoms. The number of hydrogen-bond acceptors (Lipinski definition) is 3. The van der Waals surface area contributed by atoms with E-state index in [2.05, 4.69) is 9.97 Å². The molecule has 2 aromatic carbocycles. The van der Waals surface area contributed by atoms with Crippen LogP contribution in [-0.2, 0) is 0 Å². The molecular weight excluding hydrogens is 252 g/mol. The summed E-state index contributed by atoms with van der Waals surface area (Å²) in [5.74, 6) is 0. The molecule has 4 heteroatoms. The van der Waals surface area contributed by atoms with Crippen molar-refractivity contribution in [3.05, 3.63) is 48.0 Å². The summed E-state index contributed by atoms with van der Waals surface area (Å²) in [4.78, 5) is 9.07. The van der Waals surface area contributed by atoms with E-state index >= 15 is 0 Å². The first-order chi connectivity index (χ1) is 8.24. The lowest BCUT2D eigenvalue weighted by Gasteiger charge is -2.02. The molecule has 0 fully saturated rings. The molecule has 0 atom stereocenters. The van der Waals surface area contributed by atoms with Gasteiger partial charge in [-0.25, -0.2) is 9.97 Å². The monoisotopic (exact) mass is 258 g/mol. The van der Waals surface area contributed by atoms with Crippen molar-refractivity contribution in [1.29, 1.82) is 0 Å². The summed E-state index contributed by atoms with van der Waals surface area (Å²) in [5.41, 5.74) is 4.22. The van der Waals surface area contributed by atoms with E-state index < -0.39 is 0 Å². The molecule has 0 saturated heterocycles. The van der Waals surface area contributed by atoms with Crippen LogP contribution in [0.15, 0.2) is 42.5 Å². The van der Waals surface area contributed by atoms with Crippen molar-refractivity contribution in [3.63, 3.8) is 0 Å². The van der Waals surface area contributed by atoms with E-state index in [0.29, 0.717) is 4.32 Å². The minimum atomic E-state index is 0.349. The number of hydrogen-bond donors (Lipinski definition) is 0. The molecule has 0 saturated carbocycles. The normalized spacial score (nSPS) is 10.9. The predicted molar refractivity (Wildman–Crippen MR) is 74.6 cm³/mol. The van der Waals surface area contributed by atoms with Crippen molar-refractivity contribution >= 4 is 50.2 Å². The summed E-state index contributed by atoms with van der Waals surface area (Å²) >= 11 is 10.7. The molecule has 0 aliphatic carbocycles. The zero-order valence-electron chi connectivity index (χ0n) is 8.72. The van der Waals surface area contributed by atoms with Crippen LogP contribution in [0, 0.1) is 0 Å². The van der Waals surface area contributed by atoms with Crippen molar-refractivity contribution in [3.8, 4) is 0 Å². The van der Waals surface area contributed by atoms with Crippen LogP contribution in [0.3, 0.4) is 0 Å². The Hall–Kier alpha value is -1.58. The maximum Gasteiger partial charge on any atom is 0.111 e. The Kier molecular flexibility index (Phi) is 2.50. The SMILES string of the molecule is S=C(Cl)c1ccc2nc3ccccc3nc2c1. The molecule has 0 bridgehead atoms. The van der Waals surface area contributed by atoms with E-state index in [1.54, 1.807) is 0 Å². The van der Waals surface area contributed by atoms with E-state index in [0.717, 1.165) is 27.6 Å². The fourth-order valence-electron chi connectivity index (χ4n) is 1.74. The first kappa shape index (κ1) is 10.6. The molecule has 0 unspecified atom stereocenters. The number of benzene rings is 2. The number of halogens is 1. The molecular formula is C13H7ClN2S. The van der Waals surface area contributed by atoms with Crippen LogP contribution in [0.25, 0.3) is 22.1 Å². The molecule has 0 amide bonds. The summed E-state index contributed by atoms with van der Waals surface area (Å²) in [7, 11) is 0. The lowest BCUT2D eigenvalue weighted by atomic mass is 10.2. The number of nitrogens with zero attached hydrogens (tertiary/aromatic N) is 2. The van der Waals surface area contributed by atoms with Crippen LogP contribution in [0.4, 0.5) is 0 Å². The zero-order valence-corrected chi connectivity index (χ0v) is 10.3. The van der Waals surface area contributed by atoms with Crippen LogP contribution in [-0.4, -0.2) is 14.3 Å². The van der Waals surface area contributed by atoms with E-state index in [1.807, 2.05) is 42.5 Å². The molecule has 1 aromatic heterocycles. The third-order valence-electron chi connectivity index (χ3n) is 2.57. The second-order valence-electron chi connectivity index (χ2n) is 3.69. The Morgan fingerprint density at radius 1 is 0.882 bits per heavy atom. The van der Waals surface area contributed by atoms with Gasteiger partial charge in [0.15, 0.2) is 0 Å². The minimum absolute atomic E-state index is 0.349. The van der Waals surface area contributed by atoms with Crippen molar-refractivity contribution in [2.75, 3.05) is 0 Å². The van der Waals surface area contributed by atoms with E-state index in [1.165, 1.54) is 0 Å². The standard InChI is InChI=1S/C13H7ClN2S/c14-13(17)8-5-6-11-12(7-8)16-10-4-2-1-3-9(10)15-11/h1-7H. The lowest BCUT2D eigenvalue weighted by molar-refractivity contribution is 1.39. The predicted octanol–water partition coefficient (Wildman–Crippen LogP) is 3.70. The second-order valence-corrected chi connectivity index (χ2v) is 4.70.